The first-order valence-corrected chi connectivity index (χ1v) is 9.00. The van der Waals surface area contributed by atoms with Gasteiger partial charge in [-0.3, -0.25) is 4.90 Å². The van der Waals surface area contributed by atoms with E-state index in [0.717, 1.165) is 24.4 Å². The Morgan fingerprint density at radius 1 is 1.25 bits per heavy atom. The van der Waals surface area contributed by atoms with Crippen LogP contribution in [0.2, 0.25) is 0 Å². The quantitative estimate of drug-likeness (QED) is 0.867. The van der Waals surface area contributed by atoms with Gasteiger partial charge >= 0.3 is 0 Å². The fourth-order valence-electron chi connectivity index (χ4n) is 2.93. The smallest absolute Gasteiger partial charge is 0.0237 e. The number of nitrogens with one attached hydrogen (secondary N) is 1. The van der Waals surface area contributed by atoms with Gasteiger partial charge in [0.05, 0.1) is 0 Å². The lowest BCUT2D eigenvalue weighted by Gasteiger charge is -2.31. The number of rotatable bonds is 6. The molecule has 1 atom stereocenters. The van der Waals surface area contributed by atoms with Gasteiger partial charge in [-0.15, -0.1) is 0 Å². The van der Waals surface area contributed by atoms with Gasteiger partial charge in [0.25, 0.3) is 0 Å². The zero-order valence-corrected chi connectivity index (χ0v) is 13.3. The minimum Gasteiger partial charge on any atom is -0.314 e. The number of hydrogen-bond acceptors (Lipinski definition) is 3. The lowest BCUT2D eigenvalue weighted by atomic mass is 10.0. The van der Waals surface area contributed by atoms with Gasteiger partial charge in [-0.05, 0) is 36.9 Å². The fraction of sp³-hybridized carbons (Fsp3) is 0.647. The molecule has 1 unspecified atom stereocenters. The van der Waals surface area contributed by atoms with Crippen molar-refractivity contribution in [2.45, 2.75) is 44.0 Å². The first kappa shape index (κ1) is 14.4. The molecule has 1 aromatic rings. The molecule has 1 aliphatic heterocycles. The summed E-state index contributed by atoms with van der Waals surface area (Å²) in [6.45, 7) is 7.09. The molecule has 3 heteroatoms. The van der Waals surface area contributed by atoms with E-state index in [1.54, 1.807) is 0 Å². The van der Waals surface area contributed by atoms with Gasteiger partial charge in [0, 0.05) is 36.7 Å². The Kier molecular flexibility index (Phi) is 5.03. The fourth-order valence-corrected chi connectivity index (χ4v) is 4.01. The molecule has 3 rings (SSSR count). The molecule has 1 aromatic carbocycles. The van der Waals surface area contributed by atoms with Gasteiger partial charge in [-0.2, -0.15) is 11.8 Å². The van der Waals surface area contributed by atoms with Gasteiger partial charge in [0.1, 0.15) is 0 Å². The van der Waals surface area contributed by atoms with Crippen LogP contribution in [-0.2, 0) is 13.0 Å². The molecule has 0 bridgehead atoms. The van der Waals surface area contributed by atoms with Crippen molar-refractivity contribution in [1.82, 2.24) is 10.2 Å². The van der Waals surface area contributed by atoms with E-state index in [1.165, 1.54) is 49.2 Å². The Hall–Kier alpha value is -0.510. The highest BCUT2D eigenvalue weighted by Crippen LogP contribution is 2.21. The van der Waals surface area contributed by atoms with Crippen LogP contribution in [-0.4, -0.2) is 41.6 Å². The van der Waals surface area contributed by atoms with Crippen LogP contribution in [0.1, 0.15) is 30.9 Å². The van der Waals surface area contributed by atoms with Crippen LogP contribution in [0.15, 0.2) is 24.3 Å². The predicted octanol–water partition coefficient (Wildman–Crippen LogP) is 2.92. The second kappa shape index (κ2) is 6.97. The van der Waals surface area contributed by atoms with E-state index in [1.807, 2.05) is 0 Å². The van der Waals surface area contributed by atoms with Crippen molar-refractivity contribution in [1.29, 1.82) is 0 Å². The average Bonchev–Trinajstić information content (AvgIpc) is 3.25. The van der Waals surface area contributed by atoms with Crippen LogP contribution in [0.25, 0.3) is 0 Å². The van der Waals surface area contributed by atoms with Gasteiger partial charge in [-0.1, -0.05) is 31.2 Å². The van der Waals surface area contributed by atoms with Crippen LogP contribution >= 0.6 is 11.8 Å². The molecule has 2 nitrogen and oxygen atoms in total. The van der Waals surface area contributed by atoms with Crippen molar-refractivity contribution >= 4 is 11.8 Å². The van der Waals surface area contributed by atoms with E-state index in [0.29, 0.717) is 0 Å². The zero-order valence-electron chi connectivity index (χ0n) is 12.5. The standard InChI is InChI=1S/C17H26N2S/c1-14-12-19(10-11-20-14)13-16-5-3-2-4-15(16)8-9-18-17-6-7-17/h2-5,14,17-18H,6-13H2,1H3. The maximum atomic E-state index is 3.63. The van der Waals surface area contributed by atoms with Crippen molar-refractivity contribution < 1.29 is 0 Å². The maximum Gasteiger partial charge on any atom is 0.0237 e. The molecule has 2 aliphatic rings. The van der Waals surface area contributed by atoms with Crippen molar-refractivity contribution in [3.63, 3.8) is 0 Å². The Morgan fingerprint density at radius 3 is 2.80 bits per heavy atom. The Labute approximate surface area is 127 Å². The minimum atomic E-state index is 0.785. The second-order valence-electron chi connectivity index (χ2n) is 6.16. The molecule has 110 valence electrons. The molecular weight excluding hydrogens is 264 g/mol. The van der Waals surface area contributed by atoms with Crippen molar-refractivity contribution in [3.8, 4) is 0 Å². The summed E-state index contributed by atoms with van der Waals surface area (Å²) in [6.07, 6.45) is 3.93. The van der Waals surface area contributed by atoms with E-state index in [9.17, 15) is 0 Å². The molecule has 1 heterocycles. The minimum absolute atomic E-state index is 0.785. The van der Waals surface area contributed by atoms with Crippen LogP contribution in [0.3, 0.4) is 0 Å². The molecule has 1 saturated carbocycles. The topological polar surface area (TPSA) is 15.3 Å². The molecule has 1 aliphatic carbocycles. The average molecular weight is 290 g/mol. The molecule has 20 heavy (non-hydrogen) atoms. The number of thioether (sulfide) groups is 1. The van der Waals surface area contributed by atoms with Crippen LogP contribution in [0.4, 0.5) is 0 Å². The molecule has 1 saturated heterocycles. The molecule has 0 amide bonds. The Balaban J connectivity index is 1.56. The predicted molar refractivity (Wildman–Crippen MR) is 88.4 cm³/mol. The summed E-state index contributed by atoms with van der Waals surface area (Å²) in [5.74, 6) is 1.28. The van der Waals surface area contributed by atoms with E-state index in [2.05, 4.69) is 53.2 Å². The molecule has 1 N–H and O–H groups in total. The number of hydrogen-bond donors (Lipinski definition) is 1. The van der Waals surface area contributed by atoms with Crippen molar-refractivity contribution in [3.05, 3.63) is 35.4 Å². The third-order valence-corrected chi connectivity index (χ3v) is 5.38. The SMILES string of the molecule is CC1CN(Cc2ccccc2CCNC2CC2)CCS1. The Bertz CT molecular complexity index is 431. The normalized spacial score (nSPS) is 23.9. The summed E-state index contributed by atoms with van der Waals surface area (Å²) in [6, 6.07) is 9.83. The Morgan fingerprint density at radius 2 is 2.05 bits per heavy atom. The van der Waals surface area contributed by atoms with Crippen molar-refractivity contribution in [2.24, 2.45) is 0 Å². The van der Waals surface area contributed by atoms with E-state index < -0.39 is 0 Å². The van der Waals surface area contributed by atoms with E-state index >= 15 is 0 Å². The van der Waals surface area contributed by atoms with Gasteiger partial charge in [-0.25, -0.2) is 0 Å². The largest absolute Gasteiger partial charge is 0.314 e. The third kappa shape index (κ3) is 4.24. The third-order valence-electron chi connectivity index (χ3n) is 4.24. The lowest BCUT2D eigenvalue weighted by Crippen LogP contribution is -2.36. The van der Waals surface area contributed by atoms with E-state index in [-0.39, 0.29) is 0 Å². The van der Waals surface area contributed by atoms with Gasteiger partial charge < -0.3 is 5.32 Å². The van der Waals surface area contributed by atoms with Gasteiger partial charge in [0.2, 0.25) is 0 Å². The number of nitrogens with zero attached hydrogens (tertiary/aromatic N) is 1. The summed E-state index contributed by atoms with van der Waals surface area (Å²) in [4.78, 5) is 2.62. The van der Waals surface area contributed by atoms with E-state index in [4.69, 9.17) is 0 Å². The molecule has 0 aromatic heterocycles. The molecule has 2 fully saturated rings. The zero-order chi connectivity index (χ0) is 13.8. The summed E-state index contributed by atoms with van der Waals surface area (Å²) >= 11 is 2.11. The first-order chi connectivity index (χ1) is 9.81. The highest BCUT2D eigenvalue weighted by Gasteiger charge is 2.20. The van der Waals surface area contributed by atoms with Crippen LogP contribution in [0.5, 0.6) is 0 Å². The summed E-state index contributed by atoms with van der Waals surface area (Å²) in [5, 5.41) is 4.41. The van der Waals surface area contributed by atoms with Crippen LogP contribution in [0, 0.1) is 0 Å². The summed E-state index contributed by atoms with van der Waals surface area (Å²) in [7, 11) is 0. The second-order valence-corrected chi connectivity index (χ2v) is 7.71. The molecule has 0 spiro atoms. The summed E-state index contributed by atoms with van der Waals surface area (Å²) < 4.78 is 0. The number of benzene rings is 1. The van der Waals surface area contributed by atoms with Crippen LogP contribution < -0.4 is 5.32 Å². The highest BCUT2D eigenvalue weighted by molar-refractivity contribution is 7.99. The van der Waals surface area contributed by atoms with Gasteiger partial charge in [0.15, 0.2) is 0 Å². The van der Waals surface area contributed by atoms with Crippen molar-refractivity contribution in [2.75, 3.05) is 25.4 Å². The monoisotopic (exact) mass is 290 g/mol. The maximum absolute atomic E-state index is 3.63. The highest BCUT2D eigenvalue weighted by atomic mass is 32.2. The first-order valence-electron chi connectivity index (χ1n) is 7.95. The molecule has 0 radical (unpaired) electrons. The summed E-state index contributed by atoms with van der Waals surface area (Å²) in [5.41, 5.74) is 3.07. The molecular formula is C17H26N2S. The lowest BCUT2D eigenvalue weighted by molar-refractivity contribution is 0.277.